The van der Waals surface area contributed by atoms with E-state index in [1.807, 2.05) is 6.07 Å². The lowest BCUT2D eigenvalue weighted by Crippen LogP contribution is -2.11. The summed E-state index contributed by atoms with van der Waals surface area (Å²) < 4.78 is 13.8. The van der Waals surface area contributed by atoms with Gasteiger partial charge in [-0.3, -0.25) is 0 Å². The van der Waals surface area contributed by atoms with Crippen LogP contribution in [-0.4, -0.2) is 0 Å². The summed E-state index contributed by atoms with van der Waals surface area (Å²) in [6.07, 6.45) is 0.111. The molecule has 0 saturated heterocycles. The van der Waals surface area contributed by atoms with Gasteiger partial charge < -0.3 is 5.73 Å². The van der Waals surface area contributed by atoms with Gasteiger partial charge in [-0.05, 0) is 12.1 Å². The molecule has 0 fully saturated rings. The molecule has 0 unspecified atom stereocenters. The highest BCUT2D eigenvalue weighted by Gasteiger charge is 2.13. The monoisotopic (exact) mass is 242 g/mol. The molecule has 0 amide bonds. The largest absolute Gasteiger partial charge is 0.323 e. The van der Waals surface area contributed by atoms with Crippen LogP contribution in [-0.2, 0) is 0 Å². The smallest absolute Gasteiger partial charge is 0.129 e. The lowest BCUT2D eigenvalue weighted by Gasteiger charge is -2.10. The van der Waals surface area contributed by atoms with Gasteiger partial charge in [0.15, 0.2) is 0 Å². The highest BCUT2D eigenvalue weighted by Crippen LogP contribution is 2.26. The van der Waals surface area contributed by atoms with Crippen molar-refractivity contribution in [2.75, 3.05) is 0 Å². The Morgan fingerprint density at radius 1 is 1.62 bits per heavy atom. The number of benzene rings is 1. The van der Waals surface area contributed by atoms with E-state index in [1.54, 1.807) is 12.1 Å². The molecule has 0 heterocycles. The van der Waals surface area contributed by atoms with Gasteiger partial charge in [0.25, 0.3) is 0 Å². The van der Waals surface area contributed by atoms with E-state index in [-0.39, 0.29) is 12.2 Å². The van der Waals surface area contributed by atoms with Gasteiger partial charge in [0, 0.05) is 16.1 Å². The minimum absolute atomic E-state index is 0.111. The van der Waals surface area contributed by atoms with Gasteiger partial charge in [-0.2, -0.15) is 5.26 Å². The molecular weight excluding hydrogens is 235 g/mol. The normalized spacial score (nSPS) is 12.2. The highest BCUT2D eigenvalue weighted by atomic mass is 79.9. The van der Waals surface area contributed by atoms with E-state index in [2.05, 4.69) is 15.9 Å². The summed E-state index contributed by atoms with van der Waals surface area (Å²) in [4.78, 5) is 0. The molecule has 13 heavy (non-hydrogen) atoms. The molecule has 0 aliphatic carbocycles. The van der Waals surface area contributed by atoms with Crippen molar-refractivity contribution in [3.63, 3.8) is 0 Å². The highest BCUT2D eigenvalue weighted by molar-refractivity contribution is 9.10. The van der Waals surface area contributed by atoms with Crippen molar-refractivity contribution in [2.24, 2.45) is 5.73 Å². The Hall–Kier alpha value is -0.920. The number of nitrogens with two attached hydrogens (primary N) is 1. The second kappa shape index (κ2) is 4.35. The number of hydrogen-bond acceptors (Lipinski definition) is 2. The lowest BCUT2D eigenvalue weighted by atomic mass is 10.1. The molecule has 4 heteroatoms. The van der Waals surface area contributed by atoms with Crippen LogP contribution >= 0.6 is 15.9 Å². The van der Waals surface area contributed by atoms with Crippen molar-refractivity contribution in [3.8, 4) is 6.07 Å². The van der Waals surface area contributed by atoms with E-state index in [0.29, 0.717) is 10.0 Å². The van der Waals surface area contributed by atoms with Crippen molar-refractivity contribution >= 4 is 15.9 Å². The van der Waals surface area contributed by atoms with Crippen LogP contribution in [0.4, 0.5) is 4.39 Å². The lowest BCUT2D eigenvalue weighted by molar-refractivity contribution is 0.582. The van der Waals surface area contributed by atoms with E-state index in [4.69, 9.17) is 11.0 Å². The van der Waals surface area contributed by atoms with Crippen molar-refractivity contribution in [2.45, 2.75) is 12.5 Å². The van der Waals surface area contributed by atoms with E-state index in [9.17, 15) is 4.39 Å². The third-order valence-electron chi connectivity index (χ3n) is 1.68. The quantitative estimate of drug-likeness (QED) is 0.867. The summed E-state index contributed by atoms with van der Waals surface area (Å²) >= 11 is 3.19. The molecule has 0 spiro atoms. The first-order valence-electron chi connectivity index (χ1n) is 3.73. The van der Waals surface area contributed by atoms with Crippen LogP contribution in [0.3, 0.4) is 0 Å². The average molecular weight is 243 g/mol. The molecular formula is C9H8BrFN2. The van der Waals surface area contributed by atoms with Gasteiger partial charge >= 0.3 is 0 Å². The second-order valence-corrected chi connectivity index (χ2v) is 3.46. The molecule has 2 nitrogen and oxygen atoms in total. The van der Waals surface area contributed by atoms with Crippen LogP contribution in [0, 0.1) is 17.1 Å². The fraction of sp³-hybridized carbons (Fsp3) is 0.222. The molecule has 1 aromatic carbocycles. The first-order valence-corrected chi connectivity index (χ1v) is 4.52. The SMILES string of the molecule is N#CC[C@H](N)c1c(F)cccc1Br. The third-order valence-corrected chi connectivity index (χ3v) is 2.37. The summed E-state index contributed by atoms with van der Waals surface area (Å²) in [5, 5.41) is 8.41. The van der Waals surface area contributed by atoms with Crippen molar-refractivity contribution in [1.29, 1.82) is 5.26 Å². The zero-order valence-electron chi connectivity index (χ0n) is 6.80. The van der Waals surface area contributed by atoms with Gasteiger partial charge in [-0.15, -0.1) is 0 Å². The third kappa shape index (κ3) is 2.27. The minimum atomic E-state index is -0.569. The van der Waals surface area contributed by atoms with E-state index >= 15 is 0 Å². The number of rotatable bonds is 2. The van der Waals surface area contributed by atoms with E-state index < -0.39 is 6.04 Å². The Balaban J connectivity index is 3.06. The Kier molecular flexibility index (Phi) is 3.40. The number of halogens is 2. The predicted molar refractivity (Wildman–Crippen MR) is 51.3 cm³/mol. The molecule has 0 aliphatic heterocycles. The zero-order valence-corrected chi connectivity index (χ0v) is 8.38. The van der Waals surface area contributed by atoms with Crippen LogP contribution in [0.25, 0.3) is 0 Å². The first kappa shape index (κ1) is 10.2. The molecule has 0 aromatic heterocycles. The van der Waals surface area contributed by atoms with Crippen LogP contribution in [0.5, 0.6) is 0 Å². The first-order chi connectivity index (χ1) is 6.16. The topological polar surface area (TPSA) is 49.8 Å². The van der Waals surface area contributed by atoms with Crippen LogP contribution in [0.1, 0.15) is 18.0 Å². The van der Waals surface area contributed by atoms with Gasteiger partial charge in [0.2, 0.25) is 0 Å². The Morgan fingerprint density at radius 2 is 2.31 bits per heavy atom. The van der Waals surface area contributed by atoms with Crippen molar-refractivity contribution < 1.29 is 4.39 Å². The van der Waals surface area contributed by atoms with Crippen molar-refractivity contribution in [1.82, 2.24) is 0 Å². The molecule has 2 N–H and O–H groups in total. The average Bonchev–Trinajstić information content (AvgIpc) is 2.04. The standard InChI is InChI=1S/C9H8BrFN2/c10-6-2-1-3-7(11)9(6)8(13)4-5-12/h1-3,8H,4,13H2/t8-/m0/s1. The van der Waals surface area contributed by atoms with Gasteiger partial charge in [0.05, 0.1) is 12.5 Å². The number of hydrogen-bond donors (Lipinski definition) is 1. The molecule has 1 atom stereocenters. The number of nitrogens with zero attached hydrogens (tertiary/aromatic N) is 1. The minimum Gasteiger partial charge on any atom is -0.323 e. The summed E-state index contributed by atoms with van der Waals surface area (Å²) in [6.45, 7) is 0. The summed E-state index contributed by atoms with van der Waals surface area (Å²) in [5.41, 5.74) is 5.98. The molecule has 0 bridgehead atoms. The molecule has 68 valence electrons. The molecule has 1 aromatic rings. The maximum atomic E-state index is 13.2. The van der Waals surface area contributed by atoms with Crippen LogP contribution < -0.4 is 5.73 Å². The van der Waals surface area contributed by atoms with E-state index in [1.165, 1.54) is 6.07 Å². The Morgan fingerprint density at radius 3 is 2.85 bits per heavy atom. The maximum Gasteiger partial charge on any atom is 0.129 e. The predicted octanol–water partition coefficient (Wildman–Crippen LogP) is 2.50. The Bertz CT molecular complexity index is 326. The summed E-state index contributed by atoms with van der Waals surface area (Å²) in [5.74, 6) is -0.378. The molecule has 0 aliphatic rings. The number of nitriles is 1. The summed E-state index contributed by atoms with van der Waals surface area (Å²) in [6, 6.07) is 5.96. The molecule has 0 saturated carbocycles. The van der Waals surface area contributed by atoms with Gasteiger partial charge in [0.1, 0.15) is 5.82 Å². The van der Waals surface area contributed by atoms with Crippen molar-refractivity contribution in [3.05, 3.63) is 34.1 Å². The second-order valence-electron chi connectivity index (χ2n) is 2.60. The van der Waals surface area contributed by atoms with E-state index in [0.717, 1.165) is 0 Å². The molecule has 1 rings (SSSR count). The maximum absolute atomic E-state index is 13.2. The Labute approximate surface area is 84.3 Å². The zero-order chi connectivity index (χ0) is 9.84. The van der Waals surface area contributed by atoms with Crippen LogP contribution in [0.2, 0.25) is 0 Å². The fourth-order valence-electron chi connectivity index (χ4n) is 1.07. The summed E-state index contributed by atoms with van der Waals surface area (Å²) in [7, 11) is 0. The molecule has 0 radical (unpaired) electrons. The van der Waals surface area contributed by atoms with Crippen LogP contribution in [0.15, 0.2) is 22.7 Å². The fourth-order valence-corrected chi connectivity index (χ4v) is 1.70. The van der Waals surface area contributed by atoms with Gasteiger partial charge in [-0.1, -0.05) is 22.0 Å². The van der Waals surface area contributed by atoms with Gasteiger partial charge in [-0.25, -0.2) is 4.39 Å².